The van der Waals surface area contributed by atoms with Crippen molar-refractivity contribution >= 4 is 51.6 Å². The predicted octanol–water partition coefficient (Wildman–Crippen LogP) is 7.60. The van der Waals surface area contributed by atoms with Gasteiger partial charge in [-0.1, -0.05) is 59.6 Å². The summed E-state index contributed by atoms with van der Waals surface area (Å²) in [5, 5.41) is 15.5. The highest BCUT2D eigenvalue weighted by atomic mass is 35.5. The van der Waals surface area contributed by atoms with E-state index >= 15 is 0 Å². The average Bonchev–Trinajstić information content (AvgIpc) is 2.92. The smallest absolute Gasteiger partial charge is 0.266 e. The lowest BCUT2D eigenvalue weighted by Crippen LogP contribution is -2.14. The highest BCUT2D eigenvalue weighted by Crippen LogP contribution is 2.36. The molecule has 0 fully saturated rings. The third kappa shape index (κ3) is 5.86. The molecule has 0 heterocycles. The van der Waals surface area contributed by atoms with Gasteiger partial charge in [0.2, 0.25) is 0 Å². The molecule has 0 aliphatic carbocycles. The van der Waals surface area contributed by atoms with Gasteiger partial charge < -0.3 is 19.5 Å². The minimum Gasteiger partial charge on any atom is -0.495 e. The lowest BCUT2D eigenvalue weighted by molar-refractivity contribution is -0.112. The second kappa shape index (κ2) is 11.9. The molecule has 1 amide bonds. The zero-order valence-corrected chi connectivity index (χ0v) is 22.5. The Morgan fingerprint density at radius 2 is 1.74 bits per heavy atom. The van der Waals surface area contributed by atoms with Crippen LogP contribution in [0.2, 0.25) is 10.0 Å². The molecule has 38 heavy (non-hydrogen) atoms. The number of benzene rings is 4. The van der Waals surface area contributed by atoms with E-state index in [0.717, 1.165) is 21.9 Å². The number of fused-ring (bicyclic) bond motifs is 1. The van der Waals surface area contributed by atoms with Crippen LogP contribution >= 0.6 is 23.2 Å². The van der Waals surface area contributed by atoms with Crippen LogP contribution in [0.4, 0.5) is 5.69 Å². The number of methoxy groups -OCH3 is 2. The fourth-order valence-corrected chi connectivity index (χ4v) is 4.41. The Hall–Kier alpha value is -4.18. The van der Waals surface area contributed by atoms with Crippen molar-refractivity contribution in [3.63, 3.8) is 0 Å². The number of amides is 1. The third-order valence-corrected chi connectivity index (χ3v) is 6.54. The van der Waals surface area contributed by atoms with Crippen molar-refractivity contribution in [2.45, 2.75) is 13.5 Å². The summed E-state index contributed by atoms with van der Waals surface area (Å²) in [6.07, 6.45) is 1.44. The quantitative estimate of drug-likeness (QED) is 0.182. The van der Waals surface area contributed by atoms with E-state index in [0.29, 0.717) is 45.2 Å². The normalized spacial score (nSPS) is 11.1. The summed E-state index contributed by atoms with van der Waals surface area (Å²) >= 11 is 12.4. The maximum atomic E-state index is 13.1. The van der Waals surface area contributed by atoms with Crippen molar-refractivity contribution in [2.24, 2.45) is 0 Å². The minimum absolute atomic E-state index is 0.158. The second-order valence-electron chi connectivity index (χ2n) is 8.36. The summed E-state index contributed by atoms with van der Waals surface area (Å²) in [7, 11) is 2.91. The molecule has 0 aliphatic rings. The zero-order valence-electron chi connectivity index (χ0n) is 21.0. The van der Waals surface area contributed by atoms with Crippen LogP contribution in [0.25, 0.3) is 16.8 Å². The van der Waals surface area contributed by atoms with Gasteiger partial charge in [-0.3, -0.25) is 4.79 Å². The molecule has 8 heteroatoms. The average molecular weight is 547 g/mol. The number of rotatable bonds is 8. The van der Waals surface area contributed by atoms with E-state index in [1.165, 1.54) is 32.4 Å². The Labute approximate surface area is 231 Å². The number of nitrogens with one attached hydrogen (secondary N) is 1. The number of nitriles is 1. The summed E-state index contributed by atoms with van der Waals surface area (Å²) in [4.78, 5) is 13.1. The molecule has 0 aliphatic heterocycles. The van der Waals surface area contributed by atoms with E-state index in [9.17, 15) is 10.1 Å². The molecule has 0 spiro atoms. The van der Waals surface area contributed by atoms with Crippen LogP contribution < -0.4 is 19.5 Å². The molecule has 0 unspecified atom stereocenters. The van der Waals surface area contributed by atoms with E-state index in [-0.39, 0.29) is 5.57 Å². The van der Waals surface area contributed by atoms with E-state index in [1.807, 2.05) is 25.1 Å². The maximum absolute atomic E-state index is 13.1. The van der Waals surface area contributed by atoms with Crippen LogP contribution in [0.15, 0.2) is 72.3 Å². The van der Waals surface area contributed by atoms with E-state index in [1.54, 1.807) is 18.2 Å². The fraction of sp³-hybridized carbons (Fsp3) is 0.133. The molecule has 1 N–H and O–H groups in total. The van der Waals surface area contributed by atoms with Gasteiger partial charge in [-0.15, -0.1) is 0 Å². The van der Waals surface area contributed by atoms with E-state index < -0.39 is 5.91 Å². The van der Waals surface area contributed by atoms with Gasteiger partial charge in [-0.05, 0) is 47.5 Å². The fourth-order valence-electron chi connectivity index (χ4n) is 4.00. The predicted molar refractivity (Wildman–Crippen MR) is 151 cm³/mol. The Morgan fingerprint density at radius 1 is 0.974 bits per heavy atom. The molecule has 6 nitrogen and oxygen atoms in total. The molecule has 0 atom stereocenters. The van der Waals surface area contributed by atoms with Crippen LogP contribution in [-0.4, -0.2) is 20.1 Å². The molecular formula is C30H24Cl2N2O4. The summed E-state index contributed by atoms with van der Waals surface area (Å²) in [6.45, 7) is 2.33. The van der Waals surface area contributed by atoms with Crippen LogP contribution in [-0.2, 0) is 11.4 Å². The van der Waals surface area contributed by atoms with Gasteiger partial charge in [-0.25, -0.2) is 0 Å². The molecule has 192 valence electrons. The van der Waals surface area contributed by atoms with Crippen LogP contribution in [0.5, 0.6) is 17.2 Å². The van der Waals surface area contributed by atoms with Crippen molar-refractivity contribution in [3.05, 3.63) is 99.0 Å². The summed E-state index contributed by atoms with van der Waals surface area (Å²) in [5.41, 5.74) is 2.78. The topological polar surface area (TPSA) is 80.6 Å². The number of carbonyl (C=O) groups excluding carboxylic acids is 1. The molecule has 0 saturated heterocycles. The molecule has 0 saturated carbocycles. The van der Waals surface area contributed by atoms with Gasteiger partial charge in [0, 0.05) is 28.3 Å². The van der Waals surface area contributed by atoms with Crippen molar-refractivity contribution in [1.29, 1.82) is 5.26 Å². The number of hydrogen-bond donors (Lipinski definition) is 1. The Morgan fingerprint density at radius 3 is 2.47 bits per heavy atom. The number of carbonyl (C=O) groups is 1. The third-order valence-electron chi connectivity index (χ3n) is 6.01. The Kier molecular flexibility index (Phi) is 8.42. The maximum Gasteiger partial charge on any atom is 0.266 e. The highest BCUT2D eigenvalue weighted by Gasteiger charge is 2.17. The molecule has 0 radical (unpaired) electrons. The first kappa shape index (κ1) is 26.9. The molecule has 0 aromatic heterocycles. The molecule has 4 aromatic carbocycles. The van der Waals surface area contributed by atoms with E-state index in [4.69, 9.17) is 37.4 Å². The number of nitrogens with zero attached hydrogens (tertiary/aromatic N) is 1. The van der Waals surface area contributed by atoms with Crippen molar-refractivity contribution in [2.75, 3.05) is 19.5 Å². The number of aryl methyl sites for hydroxylation is 1. The molecular weight excluding hydrogens is 523 g/mol. The highest BCUT2D eigenvalue weighted by molar-refractivity contribution is 6.32. The molecule has 4 aromatic rings. The van der Waals surface area contributed by atoms with Crippen molar-refractivity contribution in [3.8, 4) is 23.3 Å². The lowest BCUT2D eigenvalue weighted by Gasteiger charge is -2.15. The van der Waals surface area contributed by atoms with Crippen molar-refractivity contribution < 1.29 is 19.0 Å². The van der Waals surface area contributed by atoms with Crippen molar-refractivity contribution in [1.82, 2.24) is 0 Å². The number of halogens is 2. The Bertz CT molecular complexity index is 1590. The van der Waals surface area contributed by atoms with Crippen LogP contribution in [0, 0.1) is 18.3 Å². The van der Waals surface area contributed by atoms with Gasteiger partial charge in [-0.2, -0.15) is 5.26 Å². The van der Waals surface area contributed by atoms with Gasteiger partial charge >= 0.3 is 0 Å². The molecule has 0 bridgehead atoms. The Balaban J connectivity index is 1.64. The molecule has 4 rings (SSSR count). The number of hydrogen-bond acceptors (Lipinski definition) is 5. The second-order valence-corrected chi connectivity index (χ2v) is 9.21. The van der Waals surface area contributed by atoms with Crippen LogP contribution in [0.3, 0.4) is 0 Å². The lowest BCUT2D eigenvalue weighted by atomic mass is 10.0. The van der Waals surface area contributed by atoms with Crippen LogP contribution in [0.1, 0.15) is 16.7 Å². The zero-order chi connectivity index (χ0) is 27.2. The summed E-state index contributed by atoms with van der Waals surface area (Å²) in [6, 6.07) is 22.3. The van der Waals surface area contributed by atoms with Gasteiger partial charge in [0.05, 0.1) is 24.9 Å². The largest absolute Gasteiger partial charge is 0.495 e. The monoisotopic (exact) mass is 546 g/mol. The standard InChI is InChI=1S/C30H24Cl2N2O4/c1-18-8-9-19-6-4-5-7-23(19)24(18)17-38-27-11-10-22(31)13-20(27)12-21(16-33)30(35)34-26-15-28(36-2)25(32)14-29(26)37-3/h4-15H,17H2,1-3H3,(H,34,35)/b21-12+. The number of ether oxygens (including phenoxy) is 3. The van der Waals surface area contributed by atoms with Gasteiger partial charge in [0.25, 0.3) is 5.91 Å². The first-order chi connectivity index (χ1) is 18.3. The minimum atomic E-state index is -0.647. The summed E-state index contributed by atoms with van der Waals surface area (Å²) < 4.78 is 16.7. The van der Waals surface area contributed by atoms with Gasteiger partial charge in [0.1, 0.15) is 35.5 Å². The number of anilines is 1. The summed E-state index contributed by atoms with van der Waals surface area (Å²) in [5.74, 6) is 0.497. The van der Waals surface area contributed by atoms with Gasteiger partial charge in [0.15, 0.2) is 0 Å². The first-order valence-electron chi connectivity index (χ1n) is 11.6. The van der Waals surface area contributed by atoms with E-state index in [2.05, 4.69) is 29.6 Å². The SMILES string of the molecule is COc1cc(NC(=O)/C(C#N)=C/c2cc(Cl)ccc2OCc2c(C)ccc3ccccc23)c(OC)cc1Cl. The first-order valence-corrected chi connectivity index (χ1v) is 12.3.